The van der Waals surface area contributed by atoms with Gasteiger partial charge < -0.3 is 4.42 Å². The van der Waals surface area contributed by atoms with Crippen molar-refractivity contribution in [2.45, 2.75) is 38.0 Å². The Hall–Kier alpha value is -2.60. The minimum Gasteiger partial charge on any atom is -0.460 e. The molecule has 0 spiro atoms. The van der Waals surface area contributed by atoms with Gasteiger partial charge >= 0.3 is 0 Å². The number of anilines is 1. The number of Topliss-reactive ketones (excluding diaryl/α,β-unsaturated/α-hetero) is 1. The molecule has 4 rings (SSSR count). The minimum atomic E-state index is -3.71. The van der Waals surface area contributed by atoms with Gasteiger partial charge in [0.25, 0.3) is 10.0 Å². The number of nitrogens with one attached hydrogen (secondary N) is 1. The zero-order valence-electron chi connectivity index (χ0n) is 14.6. The van der Waals surface area contributed by atoms with Crippen LogP contribution in [0.2, 0.25) is 0 Å². The van der Waals surface area contributed by atoms with Crippen LogP contribution in [0.4, 0.5) is 5.69 Å². The van der Waals surface area contributed by atoms with Gasteiger partial charge in [-0.05, 0) is 50.1 Å². The van der Waals surface area contributed by atoms with Gasteiger partial charge in [-0.3, -0.25) is 9.52 Å². The van der Waals surface area contributed by atoms with Gasteiger partial charge in [-0.25, -0.2) is 8.42 Å². The fourth-order valence-corrected chi connectivity index (χ4v) is 4.82. The fraction of sp³-hybridized carbons (Fsp3) is 0.250. The minimum absolute atomic E-state index is 0.0550. The quantitative estimate of drug-likeness (QED) is 0.744. The van der Waals surface area contributed by atoms with Gasteiger partial charge in [-0.15, -0.1) is 0 Å². The normalized spacial score (nSPS) is 14.5. The highest BCUT2D eigenvalue weighted by atomic mass is 32.2. The van der Waals surface area contributed by atoms with Crippen molar-refractivity contribution < 1.29 is 17.6 Å². The SMILES string of the molecule is Cc1ccc(S(=O)(=O)Nc2ccc3oc4c(c3c2)C(=O)CCC4)c(C)c1. The molecule has 5 nitrogen and oxygen atoms in total. The number of aryl methyl sites for hydroxylation is 3. The second kappa shape index (κ2) is 5.99. The Morgan fingerprint density at radius 3 is 2.62 bits per heavy atom. The number of sulfonamides is 1. The predicted octanol–water partition coefficient (Wildman–Crippen LogP) is 4.37. The van der Waals surface area contributed by atoms with E-state index in [1.807, 2.05) is 13.0 Å². The maximum absolute atomic E-state index is 12.8. The van der Waals surface area contributed by atoms with Crippen molar-refractivity contribution in [2.24, 2.45) is 0 Å². The van der Waals surface area contributed by atoms with Crippen LogP contribution < -0.4 is 4.72 Å². The first-order valence-electron chi connectivity index (χ1n) is 8.54. The molecule has 0 radical (unpaired) electrons. The summed E-state index contributed by atoms with van der Waals surface area (Å²) in [4.78, 5) is 12.5. The van der Waals surface area contributed by atoms with Crippen LogP contribution in [0.15, 0.2) is 45.7 Å². The lowest BCUT2D eigenvalue weighted by molar-refractivity contribution is 0.0971. The molecule has 2 aromatic carbocycles. The lowest BCUT2D eigenvalue weighted by Gasteiger charge is -2.11. The van der Waals surface area contributed by atoms with Crippen LogP contribution in [0.3, 0.4) is 0 Å². The summed E-state index contributed by atoms with van der Waals surface area (Å²) in [5.41, 5.74) is 3.32. The standard InChI is InChI=1S/C20H19NO4S/c1-12-6-9-19(13(2)10-12)26(23,24)21-14-7-8-17-15(11-14)20-16(22)4-3-5-18(20)25-17/h6-11,21H,3-5H2,1-2H3. The fourth-order valence-electron chi connectivity index (χ4n) is 3.54. The zero-order valence-corrected chi connectivity index (χ0v) is 15.4. The second-order valence-corrected chi connectivity index (χ2v) is 8.41. The van der Waals surface area contributed by atoms with E-state index in [9.17, 15) is 13.2 Å². The number of carbonyl (C=O) groups is 1. The molecule has 0 unspecified atom stereocenters. The molecule has 134 valence electrons. The summed E-state index contributed by atoms with van der Waals surface area (Å²) in [5.74, 6) is 0.755. The first-order valence-corrected chi connectivity index (χ1v) is 10.0. The van der Waals surface area contributed by atoms with Crippen LogP contribution in [-0.2, 0) is 16.4 Å². The van der Waals surface area contributed by atoms with Crippen molar-refractivity contribution in [2.75, 3.05) is 4.72 Å². The van der Waals surface area contributed by atoms with E-state index in [0.29, 0.717) is 40.0 Å². The number of benzene rings is 2. The van der Waals surface area contributed by atoms with Gasteiger partial charge in [0.2, 0.25) is 0 Å². The number of rotatable bonds is 3. The highest BCUT2D eigenvalue weighted by molar-refractivity contribution is 7.92. The van der Waals surface area contributed by atoms with Crippen molar-refractivity contribution >= 4 is 32.5 Å². The molecule has 3 aromatic rings. The number of ketones is 1. The van der Waals surface area contributed by atoms with Gasteiger partial charge in [0.1, 0.15) is 11.3 Å². The van der Waals surface area contributed by atoms with Gasteiger partial charge in [0.05, 0.1) is 10.5 Å². The Labute approximate surface area is 152 Å². The molecule has 0 atom stereocenters. The molecule has 0 saturated heterocycles. The molecular weight excluding hydrogens is 350 g/mol. The second-order valence-electron chi connectivity index (χ2n) is 6.76. The van der Waals surface area contributed by atoms with Crippen LogP contribution in [0.5, 0.6) is 0 Å². The summed E-state index contributed by atoms with van der Waals surface area (Å²) in [6.45, 7) is 3.69. The number of fused-ring (bicyclic) bond motifs is 3. The first-order chi connectivity index (χ1) is 12.3. The van der Waals surface area contributed by atoms with E-state index in [-0.39, 0.29) is 10.7 Å². The van der Waals surface area contributed by atoms with Gasteiger partial charge in [0, 0.05) is 23.9 Å². The molecule has 1 N–H and O–H groups in total. The van der Waals surface area contributed by atoms with E-state index in [4.69, 9.17) is 4.42 Å². The molecule has 1 aromatic heterocycles. The Bertz CT molecular complexity index is 1140. The molecule has 1 heterocycles. The van der Waals surface area contributed by atoms with Crippen molar-refractivity contribution in [1.29, 1.82) is 0 Å². The number of hydrogen-bond acceptors (Lipinski definition) is 4. The van der Waals surface area contributed by atoms with E-state index in [1.165, 1.54) is 0 Å². The Kier molecular flexibility index (Phi) is 3.88. The molecule has 0 saturated carbocycles. The number of carbonyl (C=O) groups excluding carboxylic acids is 1. The summed E-state index contributed by atoms with van der Waals surface area (Å²) in [6.07, 6.45) is 2.03. The largest absolute Gasteiger partial charge is 0.460 e. The van der Waals surface area contributed by atoms with Crippen molar-refractivity contribution in [3.8, 4) is 0 Å². The molecule has 0 aliphatic heterocycles. The van der Waals surface area contributed by atoms with E-state index in [1.54, 1.807) is 37.3 Å². The monoisotopic (exact) mass is 369 g/mol. The Morgan fingerprint density at radius 1 is 1.04 bits per heavy atom. The van der Waals surface area contributed by atoms with E-state index in [2.05, 4.69) is 4.72 Å². The number of hydrogen-bond donors (Lipinski definition) is 1. The van der Waals surface area contributed by atoms with Crippen LogP contribution in [0, 0.1) is 13.8 Å². The summed E-state index contributed by atoms with van der Waals surface area (Å²) in [6, 6.07) is 10.3. The summed E-state index contributed by atoms with van der Waals surface area (Å²) >= 11 is 0. The van der Waals surface area contributed by atoms with Crippen LogP contribution >= 0.6 is 0 Å². The predicted molar refractivity (Wildman–Crippen MR) is 100 cm³/mol. The van der Waals surface area contributed by atoms with E-state index in [0.717, 1.165) is 18.4 Å². The average molecular weight is 369 g/mol. The Morgan fingerprint density at radius 2 is 1.85 bits per heavy atom. The average Bonchev–Trinajstić information content (AvgIpc) is 2.93. The van der Waals surface area contributed by atoms with Crippen LogP contribution in [-0.4, -0.2) is 14.2 Å². The molecule has 0 amide bonds. The summed E-state index contributed by atoms with van der Waals surface area (Å²) < 4.78 is 33.9. The topological polar surface area (TPSA) is 76.4 Å². The van der Waals surface area contributed by atoms with Gasteiger partial charge in [0.15, 0.2) is 5.78 Å². The Balaban J connectivity index is 1.75. The summed E-state index contributed by atoms with van der Waals surface area (Å²) in [7, 11) is -3.71. The highest BCUT2D eigenvalue weighted by Crippen LogP contribution is 2.34. The van der Waals surface area contributed by atoms with Crippen molar-refractivity contribution in [3.05, 3.63) is 58.8 Å². The van der Waals surface area contributed by atoms with Crippen LogP contribution in [0.1, 0.15) is 40.1 Å². The first kappa shape index (κ1) is 16.8. The zero-order chi connectivity index (χ0) is 18.5. The van der Waals surface area contributed by atoms with Crippen molar-refractivity contribution in [3.63, 3.8) is 0 Å². The third-order valence-electron chi connectivity index (χ3n) is 4.72. The molecule has 0 bridgehead atoms. The maximum atomic E-state index is 12.8. The van der Waals surface area contributed by atoms with Crippen LogP contribution in [0.25, 0.3) is 11.0 Å². The van der Waals surface area contributed by atoms with E-state index < -0.39 is 10.0 Å². The van der Waals surface area contributed by atoms with E-state index >= 15 is 0 Å². The third-order valence-corrected chi connectivity index (χ3v) is 6.26. The lowest BCUT2D eigenvalue weighted by Crippen LogP contribution is -2.14. The molecule has 26 heavy (non-hydrogen) atoms. The number of furan rings is 1. The highest BCUT2D eigenvalue weighted by Gasteiger charge is 2.25. The molecule has 6 heteroatoms. The van der Waals surface area contributed by atoms with Crippen molar-refractivity contribution in [1.82, 2.24) is 0 Å². The third kappa shape index (κ3) is 2.80. The molecular formula is C20H19NO4S. The van der Waals surface area contributed by atoms with Gasteiger partial charge in [-0.1, -0.05) is 17.7 Å². The lowest BCUT2D eigenvalue weighted by atomic mass is 9.94. The summed E-state index contributed by atoms with van der Waals surface area (Å²) in [5, 5.41) is 0.672. The van der Waals surface area contributed by atoms with Gasteiger partial charge in [-0.2, -0.15) is 0 Å². The molecule has 0 fully saturated rings. The molecule has 1 aliphatic rings. The molecule has 1 aliphatic carbocycles. The smallest absolute Gasteiger partial charge is 0.262 e. The maximum Gasteiger partial charge on any atom is 0.262 e.